The molecule has 1 aromatic heterocycles. The first kappa shape index (κ1) is 14.6. The quantitative estimate of drug-likeness (QED) is 0.574. The maximum absolute atomic E-state index is 13.5. The molecule has 0 aliphatic rings. The van der Waals surface area contributed by atoms with Crippen LogP contribution in [0.25, 0.3) is 0 Å². The van der Waals surface area contributed by atoms with Crippen LogP contribution in [-0.4, -0.2) is 11.5 Å². The Hall–Kier alpha value is -1.43. The Balaban J connectivity index is 2.79. The van der Waals surface area contributed by atoms with E-state index in [1.165, 1.54) is 0 Å². The largest absolute Gasteiger partial charge is 0.367 e. The molecular formula is C12H20F2N4. The summed E-state index contributed by atoms with van der Waals surface area (Å²) in [6.45, 7) is 8.89. The monoisotopic (exact) mass is 258 g/mol. The number of halogens is 2. The predicted octanol–water partition coefficient (Wildman–Crippen LogP) is 2.74. The smallest absolute Gasteiger partial charge is 0.178 e. The summed E-state index contributed by atoms with van der Waals surface area (Å²) >= 11 is 0. The highest BCUT2D eigenvalue weighted by atomic mass is 19.1. The second-order valence-electron chi connectivity index (χ2n) is 5.44. The van der Waals surface area contributed by atoms with Crippen molar-refractivity contribution in [2.24, 2.45) is 17.2 Å². The minimum atomic E-state index is -0.815. The zero-order chi connectivity index (χ0) is 13.9. The summed E-state index contributed by atoms with van der Waals surface area (Å²) in [7, 11) is 0. The molecule has 18 heavy (non-hydrogen) atoms. The Morgan fingerprint density at radius 2 is 1.83 bits per heavy atom. The molecule has 102 valence electrons. The highest BCUT2D eigenvalue weighted by Gasteiger charge is 2.20. The number of hydrogen-bond donors (Lipinski definition) is 3. The van der Waals surface area contributed by atoms with E-state index in [4.69, 9.17) is 5.84 Å². The molecule has 1 atom stereocenters. The fourth-order valence-corrected chi connectivity index (χ4v) is 1.25. The molecule has 0 bridgehead atoms. The number of nitrogens with one attached hydrogen (secondary N) is 2. The summed E-state index contributed by atoms with van der Waals surface area (Å²) in [6, 6.07) is 0.756. The van der Waals surface area contributed by atoms with E-state index >= 15 is 0 Å². The van der Waals surface area contributed by atoms with Gasteiger partial charge in [0.15, 0.2) is 23.3 Å². The van der Waals surface area contributed by atoms with Crippen LogP contribution in [0.1, 0.15) is 27.7 Å². The lowest BCUT2D eigenvalue weighted by Crippen LogP contribution is -2.25. The number of hydrazine groups is 1. The molecule has 1 heterocycles. The number of pyridine rings is 1. The van der Waals surface area contributed by atoms with E-state index in [9.17, 15) is 8.78 Å². The highest BCUT2D eigenvalue weighted by molar-refractivity contribution is 5.46. The molecule has 0 aliphatic carbocycles. The second-order valence-corrected chi connectivity index (χ2v) is 5.44. The lowest BCUT2D eigenvalue weighted by Gasteiger charge is -2.27. The topological polar surface area (TPSA) is 63.0 Å². The average Bonchev–Trinajstić information content (AvgIpc) is 2.26. The molecule has 1 aromatic rings. The van der Waals surface area contributed by atoms with Crippen molar-refractivity contribution in [3.05, 3.63) is 17.7 Å². The Bertz CT molecular complexity index is 415. The van der Waals surface area contributed by atoms with Crippen LogP contribution in [-0.2, 0) is 0 Å². The molecule has 0 radical (unpaired) electrons. The number of nitrogen functional groups attached to an aromatic ring is 1. The van der Waals surface area contributed by atoms with Crippen LogP contribution in [0.3, 0.4) is 0 Å². The molecule has 0 spiro atoms. The second kappa shape index (κ2) is 5.48. The zero-order valence-electron chi connectivity index (χ0n) is 11.1. The number of aromatic nitrogens is 1. The molecule has 0 saturated carbocycles. The minimum Gasteiger partial charge on any atom is -0.367 e. The molecule has 0 aromatic carbocycles. The van der Waals surface area contributed by atoms with E-state index in [0.717, 1.165) is 6.07 Å². The van der Waals surface area contributed by atoms with Gasteiger partial charge in [-0.05, 0) is 11.3 Å². The van der Waals surface area contributed by atoms with Crippen LogP contribution >= 0.6 is 0 Å². The zero-order valence-corrected chi connectivity index (χ0v) is 11.1. The Kier molecular flexibility index (Phi) is 4.45. The van der Waals surface area contributed by atoms with Gasteiger partial charge in [0.25, 0.3) is 0 Å². The first-order chi connectivity index (χ1) is 8.25. The maximum Gasteiger partial charge on any atom is 0.178 e. The van der Waals surface area contributed by atoms with E-state index < -0.39 is 11.6 Å². The van der Waals surface area contributed by atoms with Crippen LogP contribution in [0.2, 0.25) is 0 Å². The molecule has 0 fully saturated rings. The molecule has 6 heteroatoms. The number of hydrogen-bond acceptors (Lipinski definition) is 4. The van der Waals surface area contributed by atoms with Gasteiger partial charge in [-0.2, -0.15) is 0 Å². The van der Waals surface area contributed by atoms with Crippen LogP contribution < -0.4 is 16.6 Å². The van der Waals surface area contributed by atoms with Crippen molar-refractivity contribution in [1.29, 1.82) is 0 Å². The maximum atomic E-state index is 13.5. The van der Waals surface area contributed by atoms with Crippen molar-refractivity contribution in [1.82, 2.24) is 4.98 Å². The van der Waals surface area contributed by atoms with Crippen LogP contribution in [0, 0.1) is 23.0 Å². The fourth-order valence-electron chi connectivity index (χ4n) is 1.25. The molecule has 4 N–H and O–H groups in total. The number of nitrogens with zero attached hydrogens (tertiary/aromatic N) is 1. The third kappa shape index (κ3) is 3.53. The average molecular weight is 258 g/mol. The van der Waals surface area contributed by atoms with E-state index in [-0.39, 0.29) is 17.1 Å². The van der Waals surface area contributed by atoms with Gasteiger partial charge in [0.05, 0.1) is 0 Å². The summed E-state index contributed by atoms with van der Waals surface area (Å²) in [6.07, 6.45) is 0. The number of rotatable bonds is 4. The van der Waals surface area contributed by atoms with Crippen molar-refractivity contribution < 1.29 is 8.78 Å². The summed E-state index contributed by atoms with van der Waals surface area (Å²) < 4.78 is 26.6. The van der Waals surface area contributed by atoms with Crippen LogP contribution in [0.15, 0.2) is 6.07 Å². The van der Waals surface area contributed by atoms with Crippen LogP contribution in [0.5, 0.6) is 0 Å². The lowest BCUT2D eigenvalue weighted by atomic mass is 9.82. The summed E-state index contributed by atoms with van der Waals surface area (Å²) in [5.74, 6) is 3.67. The highest BCUT2D eigenvalue weighted by Crippen LogP contribution is 2.26. The molecular weight excluding hydrogens is 238 g/mol. The minimum absolute atomic E-state index is 0.000417. The SMILES string of the molecule is CC(CNc1nc(NN)c(F)cc1F)C(C)(C)C. The molecule has 0 aliphatic heterocycles. The van der Waals surface area contributed by atoms with Crippen molar-refractivity contribution >= 4 is 11.6 Å². The van der Waals surface area contributed by atoms with Gasteiger partial charge in [-0.15, -0.1) is 0 Å². The summed E-state index contributed by atoms with van der Waals surface area (Å²) in [5.41, 5.74) is 2.18. The lowest BCUT2D eigenvalue weighted by molar-refractivity contribution is 0.274. The Morgan fingerprint density at radius 3 is 2.33 bits per heavy atom. The molecule has 0 saturated heterocycles. The fraction of sp³-hybridized carbons (Fsp3) is 0.583. The van der Waals surface area contributed by atoms with Crippen molar-refractivity contribution in [2.75, 3.05) is 17.3 Å². The number of nitrogens with two attached hydrogens (primary N) is 1. The van der Waals surface area contributed by atoms with E-state index in [0.29, 0.717) is 12.5 Å². The van der Waals surface area contributed by atoms with Gasteiger partial charge < -0.3 is 10.7 Å². The molecule has 1 rings (SSSR count). The van der Waals surface area contributed by atoms with E-state index in [1.807, 2.05) is 0 Å². The van der Waals surface area contributed by atoms with Gasteiger partial charge in [-0.1, -0.05) is 27.7 Å². The third-order valence-corrected chi connectivity index (χ3v) is 3.12. The molecule has 1 unspecified atom stereocenters. The van der Waals surface area contributed by atoms with Crippen molar-refractivity contribution in [3.63, 3.8) is 0 Å². The first-order valence-electron chi connectivity index (χ1n) is 5.82. The van der Waals surface area contributed by atoms with Gasteiger partial charge in [0.1, 0.15) is 0 Å². The Labute approximate surface area is 106 Å². The predicted molar refractivity (Wildman–Crippen MR) is 69.1 cm³/mol. The van der Waals surface area contributed by atoms with Crippen molar-refractivity contribution in [3.8, 4) is 0 Å². The number of anilines is 2. The summed E-state index contributed by atoms with van der Waals surface area (Å²) in [4.78, 5) is 3.75. The first-order valence-corrected chi connectivity index (χ1v) is 5.82. The standard InChI is InChI=1S/C12H20F2N4/c1-7(12(2,3)4)6-16-10-8(13)5-9(14)11(17-10)18-15/h5,7H,6,15H2,1-4H3,(H2,16,17,18). The van der Waals surface area contributed by atoms with Gasteiger partial charge >= 0.3 is 0 Å². The van der Waals surface area contributed by atoms with Gasteiger partial charge in [0.2, 0.25) is 0 Å². The third-order valence-electron chi connectivity index (χ3n) is 3.12. The summed E-state index contributed by atoms with van der Waals surface area (Å²) in [5, 5.41) is 2.87. The van der Waals surface area contributed by atoms with Gasteiger partial charge in [0, 0.05) is 12.6 Å². The molecule has 0 amide bonds. The van der Waals surface area contributed by atoms with Gasteiger partial charge in [-0.25, -0.2) is 19.6 Å². The Morgan fingerprint density at radius 1 is 1.28 bits per heavy atom. The van der Waals surface area contributed by atoms with Crippen molar-refractivity contribution in [2.45, 2.75) is 27.7 Å². The van der Waals surface area contributed by atoms with E-state index in [2.05, 4.69) is 43.4 Å². The van der Waals surface area contributed by atoms with Gasteiger partial charge in [-0.3, -0.25) is 0 Å². The normalized spacial score (nSPS) is 13.3. The molecule has 4 nitrogen and oxygen atoms in total. The van der Waals surface area contributed by atoms with E-state index in [1.54, 1.807) is 0 Å². The van der Waals surface area contributed by atoms with Crippen LogP contribution in [0.4, 0.5) is 20.4 Å².